The third-order valence-electron chi connectivity index (χ3n) is 3.69. The van der Waals surface area contributed by atoms with Gasteiger partial charge in [-0.25, -0.2) is 9.59 Å². The number of nitrogens with zero attached hydrogens (tertiary/aromatic N) is 2. The number of hydrogen-bond donors (Lipinski definition) is 1. The second-order valence-corrected chi connectivity index (χ2v) is 4.92. The highest BCUT2D eigenvalue weighted by Crippen LogP contribution is 2.20. The molecule has 1 rings (SSSR count). The molecular weight excluding hydrogens is 248 g/mol. The molecule has 2 amide bonds. The summed E-state index contributed by atoms with van der Waals surface area (Å²) >= 11 is 0. The topological polar surface area (TPSA) is 70.1 Å². The summed E-state index contributed by atoms with van der Waals surface area (Å²) in [4.78, 5) is 26.8. The van der Waals surface area contributed by atoms with Crippen LogP contribution >= 0.6 is 0 Å². The smallest absolute Gasteiger partial charge is 0.326 e. The summed E-state index contributed by atoms with van der Waals surface area (Å²) in [6.45, 7) is 5.46. The summed E-state index contributed by atoms with van der Waals surface area (Å²) in [5.41, 5.74) is 0. The molecule has 2 unspecified atom stereocenters. The van der Waals surface area contributed by atoms with E-state index in [0.29, 0.717) is 26.1 Å². The summed E-state index contributed by atoms with van der Waals surface area (Å²) < 4.78 is 5.03. The summed E-state index contributed by atoms with van der Waals surface area (Å²) in [6, 6.07) is -0.782. The Morgan fingerprint density at radius 1 is 1.53 bits per heavy atom. The normalized spacial score (nSPS) is 20.4. The van der Waals surface area contributed by atoms with Crippen LogP contribution in [0.25, 0.3) is 0 Å². The maximum atomic E-state index is 12.5. The van der Waals surface area contributed by atoms with E-state index in [4.69, 9.17) is 9.84 Å². The van der Waals surface area contributed by atoms with E-state index in [1.807, 2.05) is 13.8 Å². The van der Waals surface area contributed by atoms with Crippen molar-refractivity contribution in [3.05, 3.63) is 0 Å². The maximum Gasteiger partial charge on any atom is 0.326 e. The van der Waals surface area contributed by atoms with Gasteiger partial charge in [0.25, 0.3) is 0 Å². The van der Waals surface area contributed by atoms with Crippen molar-refractivity contribution in [3.63, 3.8) is 0 Å². The number of carboxylic acid groups (broad SMARTS) is 1. The second-order valence-electron chi connectivity index (χ2n) is 4.92. The minimum Gasteiger partial charge on any atom is -0.480 e. The molecule has 1 saturated heterocycles. The quantitative estimate of drug-likeness (QED) is 0.793. The Morgan fingerprint density at radius 2 is 2.21 bits per heavy atom. The summed E-state index contributed by atoms with van der Waals surface area (Å²) in [5, 5.41) is 9.15. The van der Waals surface area contributed by atoms with Crippen LogP contribution in [0.5, 0.6) is 0 Å². The van der Waals surface area contributed by atoms with Crippen LogP contribution in [0.2, 0.25) is 0 Å². The molecule has 0 aromatic carbocycles. The fourth-order valence-corrected chi connectivity index (χ4v) is 2.33. The van der Waals surface area contributed by atoms with E-state index in [1.54, 1.807) is 12.0 Å². The number of urea groups is 1. The molecule has 110 valence electrons. The zero-order valence-electron chi connectivity index (χ0n) is 12.0. The van der Waals surface area contributed by atoms with Gasteiger partial charge in [-0.2, -0.15) is 0 Å². The fourth-order valence-electron chi connectivity index (χ4n) is 2.33. The van der Waals surface area contributed by atoms with E-state index in [-0.39, 0.29) is 12.1 Å². The molecule has 19 heavy (non-hydrogen) atoms. The van der Waals surface area contributed by atoms with E-state index in [0.717, 1.165) is 12.8 Å². The standard InChI is InChI=1S/C13H24N2O4/c1-4-10(2)14(8-9-19-3)13(18)15-7-5-6-11(15)12(16)17/h10-11H,4-9H2,1-3H3,(H,16,17). The molecule has 0 bridgehead atoms. The Labute approximate surface area is 114 Å². The van der Waals surface area contributed by atoms with Crippen molar-refractivity contribution in [1.29, 1.82) is 0 Å². The lowest BCUT2D eigenvalue weighted by Gasteiger charge is -2.34. The number of likely N-dealkylation sites (tertiary alicyclic amines) is 1. The van der Waals surface area contributed by atoms with E-state index in [2.05, 4.69) is 0 Å². The average Bonchev–Trinajstić information content (AvgIpc) is 2.87. The van der Waals surface area contributed by atoms with Crippen LogP contribution in [0.3, 0.4) is 0 Å². The van der Waals surface area contributed by atoms with Gasteiger partial charge in [0.1, 0.15) is 6.04 Å². The average molecular weight is 272 g/mol. The lowest BCUT2D eigenvalue weighted by molar-refractivity contribution is -0.141. The number of ether oxygens (including phenoxy) is 1. The zero-order chi connectivity index (χ0) is 14.4. The molecule has 6 heteroatoms. The number of carbonyl (C=O) groups excluding carboxylic acids is 1. The van der Waals surface area contributed by atoms with Crippen LogP contribution in [0.15, 0.2) is 0 Å². The van der Waals surface area contributed by atoms with Crippen LogP contribution in [-0.2, 0) is 9.53 Å². The molecular formula is C13H24N2O4. The maximum absolute atomic E-state index is 12.5. The van der Waals surface area contributed by atoms with Gasteiger partial charge >= 0.3 is 12.0 Å². The van der Waals surface area contributed by atoms with Crippen LogP contribution in [-0.4, -0.2) is 65.8 Å². The number of carbonyl (C=O) groups is 2. The molecule has 0 aromatic heterocycles. The highest BCUT2D eigenvalue weighted by molar-refractivity contribution is 5.83. The molecule has 0 spiro atoms. The molecule has 0 aromatic rings. The van der Waals surface area contributed by atoms with Gasteiger partial charge < -0.3 is 19.6 Å². The highest BCUT2D eigenvalue weighted by atomic mass is 16.5. The first-order chi connectivity index (χ1) is 9.02. The van der Waals surface area contributed by atoms with E-state index in [9.17, 15) is 9.59 Å². The predicted octanol–water partition coefficient (Wildman–Crippen LogP) is 1.40. The van der Waals surface area contributed by atoms with Gasteiger partial charge in [-0.3, -0.25) is 0 Å². The predicted molar refractivity (Wildman–Crippen MR) is 71.1 cm³/mol. The van der Waals surface area contributed by atoms with E-state index >= 15 is 0 Å². The molecule has 0 radical (unpaired) electrons. The van der Waals surface area contributed by atoms with Crippen molar-refractivity contribution >= 4 is 12.0 Å². The Morgan fingerprint density at radius 3 is 2.74 bits per heavy atom. The van der Waals surface area contributed by atoms with Gasteiger partial charge in [-0.1, -0.05) is 6.92 Å². The Balaban J connectivity index is 2.77. The monoisotopic (exact) mass is 272 g/mol. The number of hydrogen-bond acceptors (Lipinski definition) is 3. The minimum atomic E-state index is -0.915. The van der Waals surface area contributed by atoms with Gasteiger partial charge in [-0.15, -0.1) is 0 Å². The van der Waals surface area contributed by atoms with E-state index in [1.165, 1.54) is 4.90 Å². The van der Waals surface area contributed by atoms with Crippen molar-refractivity contribution < 1.29 is 19.4 Å². The Kier molecular flexibility index (Phi) is 6.08. The van der Waals surface area contributed by atoms with Crippen LogP contribution in [0.4, 0.5) is 4.79 Å². The van der Waals surface area contributed by atoms with Gasteiger partial charge in [0.2, 0.25) is 0 Å². The van der Waals surface area contributed by atoms with Gasteiger partial charge in [-0.05, 0) is 26.2 Å². The molecule has 0 saturated carbocycles. The molecule has 0 aliphatic carbocycles. The first kappa shape index (κ1) is 15.8. The van der Waals surface area contributed by atoms with Crippen LogP contribution in [0.1, 0.15) is 33.1 Å². The highest BCUT2D eigenvalue weighted by Gasteiger charge is 2.36. The first-order valence-electron chi connectivity index (χ1n) is 6.81. The lowest BCUT2D eigenvalue weighted by Crippen LogP contribution is -2.51. The molecule has 1 N–H and O–H groups in total. The van der Waals surface area contributed by atoms with Crippen molar-refractivity contribution in [3.8, 4) is 0 Å². The van der Waals surface area contributed by atoms with Crippen molar-refractivity contribution in [2.75, 3.05) is 26.8 Å². The SMILES string of the molecule is CCC(C)N(CCOC)C(=O)N1CCCC1C(=O)O. The summed E-state index contributed by atoms with van der Waals surface area (Å²) in [5.74, 6) is -0.915. The second kappa shape index (κ2) is 7.33. The number of methoxy groups -OCH3 is 1. The van der Waals surface area contributed by atoms with E-state index < -0.39 is 12.0 Å². The molecule has 2 atom stereocenters. The zero-order valence-corrected chi connectivity index (χ0v) is 12.0. The molecule has 1 aliphatic heterocycles. The number of amides is 2. The van der Waals surface area contributed by atoms with Crippen molar-refractivity contribution in [1.82, 2.24) is 9.80 Å². The number of carboxylic acids is 1. The van der Waals surface area contributed by atoms with Crippen molar-refractivity contribution in [2.45, 2.75) is 45.2 Å². The fraction of sp³-hybridized carbons (Fsp3) is 0.846. The third kappa shape index (κ3) is 3.83. The minimum absolute atomic E-state index is 0.0812. The van der Waals surface area contributed by atoms with Crippen LogP contribution in [0, 0.1) is 0 Å². The van der Waals surface area contributed by atoms with Gasteiger partial charge in [0.15, 0.2) is 0 Å². The van der Waals surface area contributed by atoms with Crippen molar-refractivity contribution in [2.24, 2.45) is 0 Å². The molecule has 6 nitrogen and oxygen atoms in total. The Hall–Kier alpha value is -1.30. The number of aliphatic carboxylic acids is 1. The molecule has 1 aliphatic rings. The van der Waals surface area contributed by atoms with Gasteiger partial charge in [0.05, 0.1) is 6.61 Å². The van der Waals surface area contributed by atoms with Gasteiger partial charge in [0, 0.05) is 26.2 Å². The summed E-state index contributed by atoms with van der Waals surface area (Å²) in [6.07, 6.45) is 2.13. The molecule has 1 fully saturated rings. The lowest BCUT2D eigenvalue weighted by atomic mass is 10.2. The third-order valence-corrected chi connectivity index (χ3v) is 3.69. The van der Waals surface area contributed by atoms with Crippen LogP contribution < -0.4 is 0 Å². The summed E-state index contributed by atoms with van der Waals surface area (Å²) in [7, 11) is 1.59. The Bertz CT molecular complexity index is 322. The molecule has 1 heterocycles. The number of rotatable bonds is 6. The first-order valence-corrected chi connectivity index (χ1v) is 6.81. The largest absolute Gasteiger partial charge is 0.480 e.